The average molecular weight is 215 g/mol. The molecule has 0 aromatic heterocycles. The van der Waals surface area contributed by atoms with Crippen molar-refractivity contribution in [2.45, 2.75) is 19.8 Å². The SMILES string of the molecule is CCCNN(O)C1=CC=C(Cl)C=CC1. The third-order valence-electron chi connectivity index (χ3n) is 1.82. The first kappa shape index (κ1) is 11.3. The second-order valence-corrected chi connectivity index (χ2v) is 3.47. The molecule has 0 spiro atoms. The van der Waals surface area contributed by atoms with Gasteiger partial charge in [0.15, 0.2) is 0 Å². The van der Waals surface area contributed by atoms with Crippen molar-refractivity contribution in [3.05, 3.63) is 35.0 Å². The standard InChI is InChI=1S/C10H15ClN2O/c1-2-8-12-13(14)10-5-3-4-9(11)6-7-10/h3-4,6-7,12,14H,2,5,8H2,1H3. The quantitative estimate of drug-likeness (QED) is 0.707. The predicted octanol–water partition coefficient (Wildman–Crippen LogP) is 2.56. The lowest BCUT2D eigenvalue weighted by Crippen LogP contribution is -2.34. The van der Waals surface area contributed by atoms with E-state index in [1.54, 1.807) is 12.2 Å². The summed E-state index contributed by atoms with van der Waals surface area (Å²) in [6.07, 6.45) is 8.92. The van der Waals surface area contributed by atoms with E-state index in [9.17, 15) is 5.21 Å². The Bertz CT molecular complexity index is 271. The van der Waals surface area contributed by atoms with Gasteiger partial charge >= 0.3 is 0 Å². The number of hydrazine groups is 1. The number of nitrogens with zero attached hydrogens (tertiary/aromatic N) is 1. The fraction of sp³-hybridized carbons (Fsp3) is 0.400. The minimum absolute atomic E-state index is 0.667. The van der Waals surface area contributed by atoms with Crippen LogP contribution in [-0.4, -0.2) is 16.9 Å². The van der Waals surface area contributed by atoms with Gasteiger partial charge in [-0.25, -0.2) is 5.43 Å². The van der Waals surface area contributed by atoms with Crippen LogP contribution < -0.4 is 5.43 Å². The van der Waals surface area contributed by atoms with Crippen molar-refractivity contribution in [3.8, 4) is 0 Å². The monoisotopic (exact) mass is 214 g/mol. The zero-order valence-corrected chi connectivity index (χ0v) is 8.96. The summed E-state index contributed by atoms with van der Waals surface area (Å²) in [7, 11) is 0. The van der Waals surface area contributed by atoms with Crippen LogP contribution in [-0.2, 0) is 0 Å². The molecule has 1 rings (SSSR count). The number of hydrogen-bond acceptors (Lipinski definition) is 3. The van der Waals surface area contributed by atoms with Crippen molar-refractivity contribution in [1.82, 2.24) is 10.6 Å². The Balaban J connectivity index is 2.55. The second-order valence-electron chi connectivity index (χ2n) is 3.04. The van der Waals surface area contributed by atoms with E-state index in [-0.39, 0.29) is 0 Å². The summed E-state index contributed by atoms with van der Waals surface area (Å²) >= 11 is 5.80. The number of hydrogen-bond donors (Lipinski definition) is 2. The van der Waals surface area contributed by atoms with Gasteiger partial charge in [0.05, 0.1) is 5.70 Å². The first-order chi connectivity index (χ1) is 6.74. The molecule has 2 N–H and O–H groups in total. The van der Waals surface area contributed by atoms with Crippen LogP contribution in [0.3, 0.4) is 0 Å². The second kappa shape index (κ2) is 5.86. The third kappa shape index (κ3) is 3.54. The van der Waals surface area contributed by atoms with E-state index >= 15 is 0 Å². The molecule has 0 aromatic carbocycles. The minimum atomic E-state index is 0.667. The van der Waals surface area contributed by atoms with Gasteiger partial charge in [-0.2, -0.15) is 5.17 Å². The fourth-order valence-electron chi connectivity index (χ4n) is 1.07. The van der Waals surface area contributed by atoms with Gasteiger partial charge < -0.3 is 0 Å². The predicted molar refractivity (Wildman–Crippen MR) is 57.7 cm³/mol. The third-order valence-corrected chi connectivity index (χ3v) is 2.07. The van der Waals surface area contributed by atoms with Crippen molar-refractivity contribution < 1.29 is 5.21 Å². The van der Waals surface area contributed by atoms with Crippen LogP contribution in [0.2, 0.25) is 0 Å². The average Bonchev–Trinajstić information content (AvgIpc) is 2.39. The van der Waals surface area contributed by atoms with Crippen LogP contribution in [0.5, 0.6) is 0 Å². The molecule has 0 aliphatic heterocycles. The maximum atomic E-state index is 9.56. The molecule has 1 aliphatic rings. The molecule has 3 nitrogen and oxygen atoms in total. The topological polar surface area (TPSA) is 35.5 Å². The highest BCUT2D eigenvalue weighted by atomic mass is 35.5. The Morgan fingerprint density at radius 3 is 3.07 bits per heavy atom. The molecule has 0 heterocycles. The van der Waals surface area contributed by atoms with E-state index in [1.807, 2.05) is 19.1 Å². The van der Waals surface area contributed by atoms with E-state index in [2.05, 4.69) is 5.43 Å². The molecule has 1 aliphatic carbocycles. The molecular weight excluding hydrogens is 200 g/mol. The number of halogens is 1. The maximum Gasteiger partial charge on any atom is 0.0632 e. The smallest absolute Gasteiger partial charge is 0.0632 e. The van der Waals surface area contributed by atoms with E-state index in [0.29, 0.717) is 11.5 Å². The highest BCUT2D eigenvalue weighted by Gasteiger charge is 2.04. The van der Waals surface area contributed by atoms with Crippen LogP contribution in [0.25, 0.3) is 0 Å². The van der Waals surface area contributed by atoms with E-state index in [1.165, 1.54) is 0 Å². The van der Waals surface area contributed by atoms with Crippen LogP contribution in [0.4, 0.5) is 0 Å². The number of allylic oxidation sites excluding steroid dienone is 5. The van der Waals surface area contributed by atoms with E-state index in [4.69, 9.17) is 11.6 Å². The van der Waals surface area contributed by atoms with Crippen LogP contribution in [0.1, 0.15) is 19.8 Å². The molecule has 0 radical (unpaired) electrons. The summed E-state index contributed by atoms with van der Waals surface area (Å²) in [4.78, 5) is 0. The zero-order valence-electron chi connectivity index (χ0n) is 8.20. The summed E-state index contributed by atoms with van der Waals surface area (Å²) in [5.74, 6) is 0. The van der Waals surface area contributed by atoms with Crippen molar-refractivity contribution in [2.24, 2.45) is 0 Å². The van der Waals surface area contributed by atoms with Crippen molar-refractivity contribution in [3.63, 3.8) is 0 Å². The number of rotatable bonds is 4. The summed E-state index contributed by atoms with van der Waals surface area (Å²) in [5.41, 5.74) is 3.64. The normalized spacial score (nSPS) is 15.9. The Morgan fingerprint density at radius 1 is 1.57 bits per heavy atom. The minimum Gasteiger partial charge on any atom is -0.273 e. The first-order valence-corrected chi connectivity index (χ1v) is 5.07. The maximum absolute atomic E-state index is 9.56. The molecule has 0 amide bonds. The van der Waals surface area contributed by atoms with Gasteiger partial charge in [0.1, 0.15) is 0 Å². The molecule has 0 aromatic rings. The number of hydroxylamine groups is 1. The Hall–Kier alpha value is -0.770. The first-order valence-electron chi connectivity index (χ1n) is 4.69. The van der Waals surface area contributed by atoms with Crippen molar-refractivity contribution in [1.29, 1.82) is 0 Å². The Kier molecular flexibility index (Phi) is 4.73. The van der Waals surface area contributed by atoms with Gasteiger partial charge in [-0.15, -0.1) is 0 Å². The highest BCUT2D eigenvalue weighted by Crippen LogP contribution is 2.14. The van der Waals surface area contributed by atoms with Crippen LogP contribution in [0, 0.1) is 0 Å². The van der Waals surface area contributed by atoms with Gasteiger partial charge in [0.25, 0.3) is 0 Å². The summed E-state index contributed by atoms with van der Waals surface area (Å²) < 4.78 is 0. The van der Waals surface area contributed by atoms with Crippen molar-refractivity contribution in [2.75, 3.05) is 6.54 Å². The zero-order chi connectivity index (χ0) is 10.4. The lowest BCUT2D eigenvalue weighted by atomic mass is 10.3. The summed E-state index contributed by atoms with van der Waals surface area (Å²) in [6, 6.07) is 0. The lowest BCUT2D eigenvalue weighted by Gasteiger charge is -2.19. The van der Waals surface area contributed by atoms with Crippen molar-refractivity contribution >= 4 is 11.6 Å². The van der Waals surface area contributed by atoms with Gasteiger partial charge in [-0.1, -0.05) is 24.6 Å². The molecule has 0 atom stereocenters. The molecule has 0 saturated carbocycles. The van der Waals surface area contributed by atoms with Gasteiger partial charge in [-0.05, 0) is 24.6 Å². The van der Waals surface area contributed by atoms with Gasteiger partial charge in [0, 0.05) is 18.0 Å². The molecular formula is C10H15ClN2O. The highest BCUT2D eigenvalue weighted by molar-refractivity contribution is 6.31. The fourth-order valence-corrected chi connectivity index (χ4v) is 1.22. The molecule has 0 bridgehead atoms. The Labute approximate surface area is 89.3 Å². The van der Waals surface area contributed by atoms with E-state index in [0.717, 1.165) is 23.8 Å². The van der Waals surface area contributed by atoms with Crippen LogP contribution in [0.15, 0.2) is 35.0 Å². The Morgan fingerprint density at radius 2 is 2.36 bits per heavy atom. The van der Waals surface area contributed by atoms with Gasteiger partial charge in [-0.3, -0.25) is 5.21 Å². The molecule has 78 valence electrons. The lowest BCUT2D eigenvalue weighted by molar-refractivity contribution is -0.104. The molecule has 0 fully saturated rings. The molecule has 14 heavy (non-hydrogen) atoms. The summed E-state index contributed by atoms with van der Waals surface area (Å²) in [5, 5.41) is 11.3. The number of nitrogens with one attached hydrogen (secondary N) is 1. The molecule has 4 heteroatoms. The molecule has 0 unspecified atom stereocenters. The largest absolute Gasteiger partial charge is 0.273 e. The summed E-state index contributed by atoms with van der Waals surface area (Å²) in [6.45, 7) is 2.79. The van der Waals surface area contributed by atoms with E-state index < -0.39 is 0 Å². The van der Waals surface area contributed by atoms with Gasteiger partial charge in [0.2, 0.25) is 0 Å². The van der Waals surface area contributed by atoms with Crippen LogP contribution >= 0.6 is 11.6 Å². The molecule has 0 saturated heterocycles.